The number of hydrogen-bond donors (Lipinski definition) is 1. The molecular formula is C20H19N3. The van der Waals surface area contributed by atoms with Crippen molar-refractivity contribution in [3.05, 3.63) is 71.7 Å². The lowest BCUT2D eigenvalue weighted by atomic mass is 9.91. The third-order valence-corrected chi connectivity index (χ3v) is 4.46. The van der Waals surface area contributed by atoms with Crippen molar-refractivity contribution in [1.82, 2.24) is 9.97 Å². The van der Waals surface area contributed by atoms with E-state index in [1.807, 2.05) is 12.3 Å². The number of benzene rings is 1. The van der Waals surface area contributed by atoms with Gasteiger partial charge in [-0.05, 0) is 60.6 Å². The predicted molar refractivity (Wildman–Crippen MR) is 95.8 cm³/mol. The monoisotopic (exact) mass is 301 g/mol. The Balaban J connectivity index is 1.83. The molecule has 3 aromatic rings. The molecule has 114 valence electrons. The molecule has 23 heavy (non-hydrogen) atoms. The summed E-state index contributed by atoms with van der Waals surface area (Å²) in [6, 6.07) is 14.7. The first kappa shape index (κ1) is 13.9. The van der Waals surface area contributed by atoms with Gasteiger partial charge in [-0.1, -0.05) is 18.2 Å². The molecule has 2 aromatic heterocycles. The van der Waals surface area contributed by atoms with Gasteiger partial charge in [0.25, 0.3) is 0 Å². The molecule has 1 N–H and O–H groups in total. The number of hydrogen-bond acceptors (Lipinski definition) is 2. The molecule has 4 rings (SSSR count). The van der Waals surface area contributed by atoms with Crippen molar-refractivity contribution < 1.29 is 0 Å². The molecule has 0 spiro atoms. The molecule has 0 saturated heterocycles. The van der Waals surface area contributed by atoms with E-state index in [1.54, 1.807) is 6.20 Å². The Bertz CT molecular complexity index is 868. The van der Waals surface area contributed by atoms with Crippen molar-refractivity contribution in [3.8, 4) is 0 Å². The average Bonchev–Trinajstić information content (AvgIpc) is 3.06. The number of pyridine rings is 1. The summed E-state index contributed by atoms with van der Waals surface area (Å²) in [7, 11) is 0. The van der Waals surface area contributed by atoms with Crippen LogP contribution in [0.2, 0.25) is 0 Å². The highest BCUT2D eigenvalue weighted by molar-refractivity contribution is 6.16. The van der Waals surface area contributed by atoms with Crippen LogP contribution >= 0.6 is 0 Å². The van der Waals surface area contributed by atoms with Crippen LogP contribution in [0.25, 0.3) is 16.5 Å². The molecule has 3 heterocycles. The molecule has 1 aliphatic heterocycles. The second kappa shape index (κ2) is 5.84. The fourth-order valence-corrected chi connectivity index (χ4v) is 3.23. The third kappa shape index (κ3) is 2.59. The van der Waals surface area contributed by atoms with Gasteiger partial charge in [0.1, 0.15) is 0 Å². The highest BCUT2D eigenvalue weighted by atomic mass is 14.8. The van der Waals surface area contributed by atoms with Crippen LogP contribution in [0.5, 0.6) is 0 Å². The first-order valence-electron chi connectivity index (χ1n) is 8.06. The van der Waals surface area contributed by atoms with Crippen molar-refractivity contribution >= 4 is 22.2 Å². The summed E-state index contributed by atoms with van der Waals surface area (Å²) < 4.78 is 0. The van der Waals surface area contributed by atoms with Crippen LogP contribution in [-0.4, -0.2) is 22.2 Å². The summed E-state index contributed by atoms with van der Waals surface area (Å²) in [5.74, 6) is 0. The summed E-state index contributed by atoms with van der Waals surface area (Å²) in [5, 5.41) is 1.25. The molecule has 0 radical (unpaired) electrons. The van der Waals surface area contributed by atoms with Gasteiger partial charge in [-0.3, -0.25) is 9.98 Å². The van der Waals surface area contributed by atoms with Crippen molar-refractivity contribution in [2.75, 3.05) is 6.54 Å². The second-order valence-electron chi connectivity index (χ2n) is 5.95. The minimum atomic E-state index is 0.897. The number of allylic oxidation sites excluding steroid dienone is 2. The topological polar surface area (TPSA) is 41.0 Å². The lowest BCUT2D eigenvalue weighted by Crippen LogP contribution is -2.13. The minimum Gasteiger partial charge on any atom is -0.355 e. The maximum atomic E-state index is 4.79. The van der Waals surface area contributed by atoms with Crippen LogP contribution in [0.1, 0.15) is 31.0 Å². The normalized spacial score (nSPS) is 17.2. The van der Waals surface area contributed by atoms with Gasteiger partial charge in [0.2, 0.25) is 0 Å². The van der Waals surface area contributed by atoms with E-state index < -0.39 is 0 Å². The van der Waals surface area contributed by atoms with Gasteiger partial charge in [0.05, 0.1) is 5.71 Å². The van der Waals surface area contributed by atoms with E-state index >= 15 is 0 Å². The van der Waals surface area contributed by atoms with Crippen LogP contribution in [-0.2, 0) is 0 Å². The molecule has 3 nitrogen and oxygen atoms in total. The summed E-state index contributed by atoms with van der Waals surface area (Å²) in [6.45, 7) is 3.09. The summed E-state index contributed by atoms with van der Waals surface area (Å²) in [4.78, 5) is 12.6. The van der Waals surface area contributed by atoms with Crippen molar-refractivity contribution in [3.63, 3.8) is 0 Å². The largest absolute Gasteiger partial charge is 0.355 e. The molecule has 0 unspecified atom stereocenters. The zero-order chi connectivity index (χ0) is 15.6. The van der Waals surface area contributed by atoms with E-state index in [0.717, 1.165) is 30.7 Å². The zero-order valence-corrected chi connectivity index (χ0v) is 13.2. The second-order valence-corrected chi connectivity index (χ2v) is 5.95. The number of nitrogens with zero attached hydrogens (tertiary/aromatic N) is 2. The number of aliphatic imine (C=N–C) groups is 1. The Morgan fingerprint density at radius 2 is 2.04 bits per heavy atom. The van der Waals surface area contributed by atoms with Crippen LogP contribution in [0.15, 0.2) is 65.4 Å². The lowest BCUT2D eigenvalue weighted by Gasteiger charge is -2.19. The quantitative estimate of drug-likeness (QED) is 0.737. The van der Waals surface area contributed by atoms with Crippen LogP contribution < -0.4 is 0 Å². The SMILES string of the molecule is CC(=C1CCCN=C1c1cccnc1)c1cc2ccccc2[nH]1. The van der Waals surface area contributed by atoms with Crippen molar-refractivity contribution in [1.29, 1.82) is 0 Å². The molecule has 0 amide bonds. The molecule has 1 aromatic carbocycles. The smallest absolute Gasteiger partial charge is 0.0697 e. The van der Waals surface area contributed by atoms with E-state index in [1.165, 1.54) is 27.7 Å². The van der Waals surface area contributed by atoms with Gasteiger partial charge in [0, 0.05) is 35.7 Å². The summed E-state index contributed by atoms with van der Waals surface area (Å²) in [5.41, 5.74) is 7.18. The standard InChI is InChI=1S/C20H19N3/c1-14(19-12-15-6-2-3-9-18(15)23-19)17-8-5-11-22-20(17)16-7-4-10-21-13-16/h2-4,6-7,9-10,12-13,23H,5,8,11H2,1H3. The number of para-hydroxylation sites is 1. The van der Waals surface area contributed by atoms with Gasteiger partial charge in [0.15, 0.2) is 0 Å². The highest BCUT2D eigenvalue weighted by Gasteiger charge is 2.18. The zero-order valence-electron chi connectivity index (χ0n) is 13.2. The minimum absolute atomic E-state index is 0.897. The van der Waals surface area contributed by atoms with E-state index in [2.05, 4.69) is 53.3 Å². The molecular weight excluding hydrogens is 282 g/mol. The van der Waals surface area contributed by atoms with Crippen LogP contribution in [0, 0.1) is 0 Å². The number of aromatic nitrogens is 2. The number of rotatable bonds is 2. The molecule has 0 saturated carbocycles. The van der Waals surface area contributed by atoms with Crippen LogP contribution in [0.4, 0.5) is 0 Å². The molecule has 0 fully saturated rings. The third-order valence-electron chi connectivity index (χ3n) is 4.46. The Kier molecular flexibility index (Phi) is 3.54. The van der Waals surface area contributed by atoms with Gasteiger partial charge in [-0.25, -0.2) is 0 Å². The number of fused-ring (bicyclic) bond motifs is 1. The first-order valence-corrected chi connectivity index (χ1v) is 8.06. The van der Waals surface area contributed by atoms with E-state index in [-0.39, 0.29) is 0 Å². The lowest BCUT2D eigenvalue weighted by molar-refractivity contribution is 0.815. The fraction of sp³-hybridized carbons (Fsp3) is 0.200. The molecule has 0 bridgehead atoms. The van der Waals surface area contributed by atoms with Crippen molar-refractivity contribution in [2.24, 2.45) is 4.99 Å². The Hall–Kier alpha value is -2.68. The maximum absolute atomic E-state index is 4.79. The van der Waals surface area contributed by atoms with E-state index in [0.29, 0.717) is 0 Å². The first-order chi connectivity index (χ1) is 11.3. The summed E-state index contributed by atoms with van der Waals surface area (Å²) in [6.07, 6.45) is 5.88. The number of H-pyrrole nitrogens is 1. The Labute approximate surface area is 135 Å². The van der Waals surface area contributed by atoms with Gasteiger partial charge >= 0.3 is 0 Å². The Morgan fingerprint density at radius 1 is 1.13 bits per heavy atom. The van der Waals surface area contributed by atoms with Gasteiger partial charge in [-0.2, -0.15) is 0 Å². The number of aromatic amines is 1. The number of nitrogens with one attached hydrogen (secondary N) is 1. The Morgan fingerprint density at radius 3 is 2.87 bits per heavy atom. The summed E-state index contributed by atoms with van der Waals surface area (Å²) >= 11 is 0. The molecule has 1 aliphatic rings. The van der Waals surface area contributed by atoms with Crippen LogP contribution in [0.3, 0.4) is 0 Å². The highest BCUT2D eigenvalue weighted by Crippen LogP contribution is 2.29. The van der Waals surface area contributed by atoms with Crippen molar-refractivity contribution in [2.45, 2.75) is 19.8 Å². The fourth-order valence-electron chi connectivity index (χ4n) is 3.23. The molecule has 0 atom stereocenters. The van der Waals surface area contributed by atoms with E-state index in [4.69, 9.17) is 4.99 Å². The van der Waals surface area contributed by atoms with Gasteiger partial charge in [-0.15, -0.1) is 0 Å². The molecule has 3 heteroatoms. The van der Waals surface area contributed by atoms with E-state index in [9.17, 15) is 0 Å². The maximum Gasteiger partial charge on any atom is 0.0697 e. The van der Waals surface area contributed by atoms with Gasteiger partial charge < -0.3 is 4.98 Å². The predicted octanol–water partition coefficient (Wildman–Crippen LogP) is 4.62. The average molecular weight is 301 g/mol. The molecule has 0 aliphatic carbocycles.